The van der Waals surface area contributed by atoms with Gasteiger partial charge in [0.25, 0.3) is 0 Å². The van der Waals surface area contributed by atoms with Crippen LogP contribution in [-0.2, 0) is 24.3 Å². The van der Waals surface area contributed by atoms with Gasteiger partial charge in [0.05, 0.1) is 12.2 Å². The molecule has 0 radical (unpaired) electrons. The van der Waals surface area contributed by atoms with Crippen LogP contribution >= 0.6 is 0 Å². The molecular formula is C20H26N2O6S. The minimum Gasteiger partial charge on any atom is -0.454 e. The number of sulfonamides is 1. The highest BCUT2D eigenvalue weighted by Crippen LogP contribution is 2.30. The van der Waals surface area contributed by atoms with Crippen LogP contribution in [0.1, 0.15) is 49.4 Å². The Morgan fingerprint density at radius 1 is 1.17 bits per heavy atom. The van der Waals surface area contributed by atoms with Gasteiger partial charge in [0.15, 0.2) is 6.10 Å². The van der Waals surface area contributed by atoms with Crippen LogP contribution in [0.4, 0.5) is 5.69 Å². The van der Waals surface area contributed by atoms with Crippen LogP contribution in [0.15, 0.2) is 24.3 Å². The average Bonchev–Trinajstić information content (AvgIpc) is 3.29. The molecule has 29 heavy (non-hydrogen) atoms. The van der Waals surface area contributed by atoms with Crippen LogP contribution in [-0.4, -0.2) is 55.9 Å². The predicted molar refractivity (Wildman–Crippen MR) is 107 cm³/mol. The molecule has 8 nitrogen and oxygen atoms in total. The van der Waals surface area contributed by atoms with Crippen molar-refractivity contribution >= 4 is 33.4 Å². The molecule has 0 aromatic heterocycles. The Hall–Kier alpha value is -2.42. The molecule has 2 fully saturated rings. The lowest BCUT2D eigenvalue weighted by Gasteiger charge is -2.24. The number of ether oxygens (including phenoxy) is 1. The number of anilines is 1. The van der Waals surface area contributed by atoms with Gasteiger partial charge >= 0.3 is 5.97 Å². The normalized spacial score (nSPS) is 21.2. The smallest absolute Gasteiger partial charge is 0.311 e. The van der Waals surface area contributed by atoms with E-state index >= 15 is 0 Å². The van der Waals surface area contributed by atoms with Gasteiger partial charge in [0.1, 0.15) is 0 Å². The van der Waals surface area contributed by atoms with Crippen molar-refractivity contribution in [1.82, 2.24) is 4.90 Å². The maximum absolute atomic E-state index is 12.5. The third-order valence-corrected chi connectivity index (χ3v) is 6.00. The summed E-state index contributed by atoms with van der Waals surface area (Å²) in [4.78, 5) is 39.1. The maximum Gasteiger partial charge on any atom is 0.311 e. The summed E-state index contributed by atoms with van der Waals surface area (Å²) in [5, 5.41) is 0. The van der Waals surface area contributed by atoms with E-state index in [2.05, 4.69) is 4.72 Å². The van der Waals surface area contributed by atoms with E-state index in [0.717, 1.165) is 31.9 Å². The van der Waals surface area contributed by atoms with Crippen molar-refractivity contribution in [3.8, 4) is 0 Å². The first kappa shape index (κ1) is 21.3. The number of nitrogens with one attached hydrogen (secondary N) is 1. The first-order valence-corrected chi connectivity index (χ1v) is 11.6. The standard InChI is InChI=1S/C20H26N2O6S/c1-13(19(24)14-7-9-16(10-8-14)21-29(2,26)27)28-20(25)15-11-18(23)22(12-15)17-5-3-4-6-17/h7-10,13,15,17,21H,3-6,11-12H2,1-2H3/t13-,15+/m0/s1. The minimum atomic E-state index is -3.40. The Morgan fingerprint density at radius 3 is 2.38 bits per heavy atom. The van der Waals surface area contributed by atoms with Crippen LogP contribution in [0.25, 0.3) is 0 Å². The number of hydrogen-bond donors (Lipinski definition) is 1. The topological polar surface area (TPSA) is 110 Å². The minimum absolute atomic E-state index is 0.0215. The molecule has 1 saturated heterocycles. The van der Waals surface area contributed by atoms with Crippen molar-refractivity contribution in [3.05, 3.63) is 29.8 Å². The van der Waals surface area contributed by atoms with Gasteiger partial charge in [-0.05, 0) is 44.0 Å². The van der Waals surface area contributed by atoms with Gasteiger partial charge in [-0.15, -0.1) is 0 Å². The number of Topliss-reactive ketones (excluding diaryl/α,β-unsaturated/α-hetero) is 1. The van der Waals surface area contributed by atoms with Gasteiger partial charge in [-0.3, -0.25) is 19.1 Å². The predicted octanol–water partition coefficient (Wildman–Crippen LogP) is 1.96. The number of carbonyl (C=O) groups is 3. The summed E-state index contributed by atoms with van der Waals surface area (Å²) in [6.45, 7) is 1.85. The number of rotatable bonds is 7. The zero-order valence-corrected chi connectivity index (χ0v) is 17.4. The molecule has 1 aromatic carbocycles. The Bertz CT molecular complexity index is 890. The number of amides is 1. The Labute approximate surface area is 170 Å². The second-order valence-corrected chi connectivity index (χ2v) is 9.53. The van der Waals surface area contributed by atoms with Crippen molar-refractivity contribution in [3.63, 3.8) is 0 Å². The van der Waals surface area contributed by atoms with Crippen LogP contribution in [0, 0.1) is 5.92 Å². The third-order valence-electron chi connectivity index (χ3n) is 5.39. The summed E-state index contributed by atoms with van der Waals surface area (Å²) >= 11 is 0. The number of benzene rings is 1. The summed E-state index contributed by atoms with van der Waals surface area (Å²) in [5.74, 6) is -1.48. The monoisotopic (exact) mass is 422 g/mol. The molecule has 0 unspecified atom stereocenters. The van der Waals surface area contributed by atoms with E-state index in [1.165, 1.54) is 31.2 Å². The van der Waals surface area contributed by atoms with Crippen molar-refractivity contribution in [1.29, 1.82) is 0 Å². The molecule has 1 saturated carbocycles. The number of ketones is 1. The fraction of sp³-hybridized carbons (Fsp3) is 0.550. The van der Waals surface area contributed by atoms with Crippen molar-refractivity contribution < 1.29 is 27.5 Å². The molecule has 2 atom stereocenters. The van der Waals surface area contributed by atoms with Crippen molar-refractivity contribution in [2.75, 3.05) is 17.5 Å². The van der Waals surface area contributed by atoms with E-state index in [1.54, 1.807) is 4.90 Å². The lowest BCUT2D eigenvalue weighted by atomic mass is 10.1. The first-order chi connectivity index (χ1) is 13.6. The molecular weight excluding hydrogens is 396 g/mol. The quantitative estimate of drug-likeness (QED) is 0.531. The van der Waals surface area contributed by atoms with E-state index in [1.807, 2.05) is 0 Å². The van der Waals surface area contributed by atoms with E-state index < -0.39 is 28.0 Å². The first-order valence-electron chi connectivity index (χ1n) is 9.76. The molecule has 1 heterocycles. The van der Waals surface area contributed by atoms with Crippen LogP contribution < -0.4 is 4.72 Å². The number of likely N-dealkylation sites (tertiary alicyclic amines) is 1. The summed E-state index contributed by atoms with van der Waals surface area (Å²) in [5.41, 5.74) is 0.643. The van der Waals surface area contributed by atoms with Gasteiger partial charge in [-0.25, -0.2) is 8.42 Å². The summed E-state index contributed by atoms with van der Waals surface area (Å²) in [6.07, 6.45) is 4.34. The molecule has 1 aromatic rings. The largest absolute Gasteiger partial charge is 0.454 e. The molecule has 0 bridgehead atoms. The Morgan fingerprint density at radius 2 is 1.79 bits per heavy atom. The molecule has 158 valence electrons. The second-order valence-electron chi connectivity index (χ2n) is 7.78. The second kappa shape index (κ2) is 8.52. The SMILES string of the molecule is C[C@H](OC(=O)[C@@H]1CC(=O)N(C2CCCC2)C1)C(=O)c1ccc(NS(C)(=O)=O)cc1. The number of nitrogens with zero attached hydrogens (tertiary/aromatic N) is 1. The fourth-order valence-corrected chi connectivity index (χ4v) is 4.50. The summed E-state index contributed by atoms with van der Waals surface area (Å²) in [7, 11) is -3.40. The molecule has 0 spiro atoms. The molecule has 1 aliphatic carbocycles. The lowest BCUT2D eigenvalue weighted by Crippen LogP contribution is -2.35. The van der Waals surface area contributed by atoms with Gasteiger partial charge < -0.3 is 9.64 Å². The highest BCUT2D eigenvalue weighted by molar-refractivity contribution is 7.92. The fourth-order valence-electron chi connectivity index (χ4n) is 3.93. The molecule has 9 heteroatoms. The zero-order valence-electron chi connectivity index (χ0n) is 16.6. The van der Waals surface area contributed by atoms with E-state index in [4.69, 9.17) is 4.74 Å². The third kappa shape index (κ3) is 5.35. The lowest BCUT2D eigenvalue weighted by molar-refractivity contribution is -0.151. The highest BCUT2D eigenvalue weighted by atomic mass is 32.2. The van der Waals surface area contributed by atoms with Gasteiger partial charge in [0, 0.05) is 30.3 Å². The molecule has 1 N–H and O–H groups in total. The number of carbonyl (C=O) groups excluding carboxylic acids is 3. The molecule has 3 rings (SSSR count). The summed E-state index contributed by atoms with van der Waals surface area (Å²) < 4.78 is 30.1. The average molecular weight is 423 g/mol. The van der Waals surface area contributed by atoms with Crippen molar-refractivity contribution in [2.45, 2.75) is 51.2 Å². The molecule has 1 aliphatic heterocycles. The van der Waals surface area contributed by atoms with Crippen LogP contribution in [0.2, 0.25) is 0 Å². The molecule has 1 amide bonds. The van der Waals surface area contributed by atoms with Crippen molar-refractivity contribution in [2.24, 2.45) is 5.92 Å². The summed E-state index contributed by atoms with van der Waals surface area (Å²) in [6, 6.07) is 6.11. The van der Waals surface area contributed by atoms with E-state index in [-0.39, 0.29) is 24.2 Å². The maximum atomic E-state index is 12.5. The van der Waals surface area contributed by atoms with Crippen LogP contribution in [0.5, 0.6) is 0 Å². The Kier molecular flexibility index (Phi) is 6.26. The number of esters is 1. The number of hydrogen-bond acceptors (Lipinski definition) is 6. The van der Waals surface area contributed by atoms with Gasteiger partial charge in [-0.2, -0.15) is 0 Å². The zero-order chi connectivity index (χ0) is 21.2. The van der Waals surface area contributed by atoms with E-state index in [0.29, 0.717) is 17.8 Å². The van der Waals surface area contributed by atoms with Gasteiger partial charge in [-0.1, -0.05) is 12.8 Å². The molecule has 2 aliphatic rings. The highest BCUT2D eigenvalue weighted by Gasteiger charge is 2.40. The van der Waals surface area contributed by atoms with Gasteiger partial charge in [0.2, 0.25) is 21.7 Å². The Balaban J connectivity index is 1.56. The van der Waals surface area contributed by atoms with E-state index in [9.17, 15) is 22.8 Å². The van der Waals surface area contributed by atoms with Crippen LogP contribution in [0.3, 0.4) is 0 Å².